The van der Waals surface area contributed by atoms with Gasteiger partial charge >= 0.3 is 5.97 Å². The van der Waals surface area contributed by atoms with Crippen LogP contribution in [-0.4, -0.2) is 61.8 Å². The van der Waals surface area contributed by atoms with Crippen LogP contribution >= 0.6 is 12.0 Å². The van der Waals surface area contributed by atoms with E-state index in [4.69, 9.17) is 24.8 Å². The summed E-state index contributed by atoms with van der Waals surface area (Å²) in [4.78, 5) is 23.8. The highest BCUT2D eigenvalue weighted by Gasteiger charge is 2.18. The zero-order valence-corrected chi connectivity index (χ0v) is 32.1. The van der Waals surface area contributed by atoms with E-state index in [1.54, 1.807) is 81.6 Å². The second-order valence-corrected chi connectivity index (χ2v) is 12.5. The molecule has 0 saturated carbocycles. The SMILES string of the molecule is CCOc1cc(N=Nc2c(SOOO)cc3cc(Nc4nc(N)nc(NC)n4)ccc3c2O)c(OCC)cc1N=Nc1ccc(N=Nc2ccc(O)c(C(=O)O)c2)cc1. The molecule has 6 aromatic rings. The highest BCUT2D eigenvalue weighted by molar-refractivity contribution is 7.94. The number of hydrogen-bond donors (Lipinski definition) is 7. The summed E-state index contributed by atoms with van der Waals surface area (Å²) >= 11 is 0.578. The fourth-order valence-corrected chi connectivity index (χ4v) is 5.74. The van der Waals surface area contributed by atoms with Gasteiger partial charge in [0.05, 0.1) is 47.2 Å². The summed E-state index contributed by atoms with van der Waals surface area (Å²) in [6.45, 7) is 4.13. The average Bonchev–Trinajstić information content (AvgIpc) is 3.22. The molecule has 0 aliphatic rings. The van der Waals surface area contributed by atoms with Crippen molar-refractivity contribution in [3.05, 3.63) is 84.4 Å². The second-order valence-electron chi connectivity index (χ2n) is 11.7. The fourth-order valence-electron chi connectivity index (χ4n) is 5.24. The molecule has 22 heteroatoms. The van der Waals surface area contributed by atoms with Crippen LogP contribution in [0.15, 0.2) is 114 Å². The number of nitrogen functional groups attached to an aromatic ring is 1. The number of nitrogens with two attached hydrogens (primary N) is 1. The second kappa shape index (κ2) is 19.1. The number of hydrogen-bond acceptors (Lipinski definition) is 21. The van der Waals surface area contributed by atoms with Crippen LogP contribution in [0.2, 0.25) is 0 Å². The van der Waals surface area contributed by atoms with Gasteiger partial charge in [0.1, 0.15) is 39.9 Å². The van der Waals surface area contributed by atoms with Crippen LogP contribution in [0, 0.1) is 0 Å². The molecule has 0 radical (unpaired) electrons. The van der Waals surface area contributed by atoms with Gasteiger partial charge in [-0.1, -0.05) is 5.04 Å². The van der Waals surface area contributed by atoms with Gasteiger partial charge < -0.3 is 41.2 Å². The number of aromatic nitrogens is 3. The molecule has 59 heavy (non-hydrogen) atoms. The Balaban J connectivity index is 1.27. The van der Waals surface area contributed by atoms with E-state index < -0.39 is 5.97 Å². The van der Waals surface area contributed by atoms with Crippen molar-refractivity contribution in [1.29, 1.82) is 0 Å². The van der Waals surface area contributed by atoms with Crippen LogP contribution in [-0.2, 0) is 9.37 Å². The number of aromatic carboxylic acids is 1. The zero-order valence-electron chi connectivity index (χ0n) is 31.3. The van der Waals surface area contributed by atoms with Crippen LogP contribution in [0.1, 0.15) is 24.2 Å². The Bertz CT molecular complexity index is 2580. The Morgan fingerprint density at radius 1 is 0.763 bits per heavy atom. The third kappa shape index (κ3) is 10.3. The minimum absolute atomic E-state index is 0.00982. The normalized spacial score (nSPS) is 11.5. The summed E-state index contributed by atoms with van der Waals surface area (Å²) in [7, 11) is 1.65. The standard InChI is InChI=1S/C37H34N12O9S/c1-4-55-29-18-27(30(56-5-2)17-26(29)47-45-21-8-6-20(7-9-21)44-46-23-11-13-28(50)25(16-23)34(52)53)48-49-32-31(59-58-57-54)15-19-14-22(10-12-24(19)33(32)51)40-37-42-35(38)41-36(39-3)43-37/h6-18,50-51,54H,4-5H2,1-3H3,(H,52,53)(H4,38,39,40,41,42,43). The van der Waals surface area contributed by atoms with Crippen LogP contribution in [0.3, 0.4) is 0 Å². The highest BCUT2D eigenvalue weighted by atomic mass is 32.2. The molecule has 5 aromatic carbocycles. The topological polar surface area (TPSA) is 298 Å². The van der Waals surface area contributed by atoms with E-state index in [0.717, 1.165) is 0 Å². The number of carboxylic acid groups (broad SMARTS) is 1. The number of aromatic hydroxyl groups is 2. The summed E-state index contributed by atoms with van der Waals surface area (Å²) in [6, 6.07) is 20.3. The summed E-state index contributed by atoms with van der Waals surface area (Å²) in [5, 5.41) is 75.6. The molecule has 0 amide bonds. The van der Waals surface area contributed by atoms with E-state index >= 15 is 0 Å². The summed E-state index contributed by atoms with van der Waals surface area (Å²) in [5.74, 6) is -0.851. The van der Waals surface area contributed by atoms with Gasteiger partial charge in [0.15, 0.2) is 5.75 Å². The van der Waals surface area contributed by atoms with Gasteiger partial charge in [-0.2, -0.15) is 30.3 Å². The first-order chi connectivity index (χ1) is 28.6. The van der Waals surface area contributed by atoms with Crippen LogP contribution in [0.25, 0.3) is 10.8 Å². The van der Waals surface area contributed by atoms with Gasteiger partial charge in [-0.3, -0.25) is 0 Å². The molecule has 0 aliphatic carbocycles. The van der Waals surface area contributed by atoms with Gasteiger partial charge in [0.2, 0.25) is 17.8 Å². The van der Waals surface area contributed by atoms with Crippen LogP contribution in [0.5, 0.6) is 23.0 Å². The lowest BCUT2D eigenvalue weighted by Gasteiger charge is -2.13. The van der Waals surface area contributed by atoms with E-state index in [0.29, 0.717) is 51.3 Å². The van der Waals surface area contributed by atoms with Crippen molar-refractivity contribution >= 4 is 86.4 Å². The molecule has 1 heterocycles. The number of anilines is 4. The largest absolute Gasteiger partial charge is 0.507 e. The van der Waals surface area contributed by atoms with Gasteiger partial charge in [-0.15, -0.1) is 19.7 Å². The van der Waals surface area contributed by atoms with E-state index in [2.05, 4.69) is 61.3 Å². The van der Waals surface area contributed by atoms with Gasteiger partial charge in [0.25, 0.3) is 0 Å². The number of nitrogens with zero attached hydrogens (tertiary/aromatic N) is 9. The number of rotatable bonds is 17. The Kier molecular flexibility index (Phi) is 13.3. The maximum atomic E-state index is 11.4. The van der Waals surface area contributed by atoms with Crippen molar-refractivity contribution in [3.63, 3.8) is 0 Å². The third-order valence-electron chi connectivity index (χ3n) is 7.85. The fraction of sp³-hybridized carbons (Fsp3) is 0.135. The van der Waals surface area contributed by atoms with Gasteiger partial charge in [0, 0.05) is 30.3 Å². The minimum atomic E-state index is -1.29. The first-order valence-corrected chi connectivity index (χ1v) is 18.1. The van der Waals surface area contributed by atoms with Crippen LogP contribution in [0.4, 0.5) is 57.7 Å². The lowest BCUT2D eigenvalue weighted by Crippen LogP contribution is -2.06. The average molecular weight is 823 g/mol. The summed E-state index contributed by atoms with van der Waals surface area (Å²) in [5.41, 5.74) is 7.78. The first-order valence-electron chi connectivity index (χ1n) is 17.3. The summed E-state index contributed by atoms with van der Waals surface area (Å²) < 4.78 is 16.5. The van der Waals surface area contributed by atoms with Crippen molar-refractivity contribution in [2.45, 2.75) is 18.7 Å². The Hall–Kier alpha value is -7.53. The molecule has 6 rings (SSSR count). The van der Waals surface area contributed by atoms with Crippen molar-refractivity contribution in [3.8, 4) is 23.0 Å². The Morgan fingerprint density at radius 2 is 1.37 bits per heavy atom. The monoisotopic (exact) mass is 822 g/mol. The Morgan fingerprint density at radius 3 is 2.00 bits per heavy atom. The molecule has 1 aromatic heterocycles. The molecular weight excluding hydrogens is 789 g/mol. The quantitative estimate of drug-likeness (QED) is 0.0195. The molecule has 302 valence electrons. The van der Waals surface area contributed by atoms with Crippen LogP contribution < -0.4 is 25.8 Å². The number of phenols is 2. The number of azo groups is 3. The van der Waals surface area contributed by atoms with E-state index in [1.807, 2.05) is 0 Å². The maximum absolute atomic E-state index is 11.4. The molecule has 8 N–H and O–H groups in total. The van der Waals surface area contributed by atoms with E-state index in [-0.39, 0.29) is 75.8 Å². The smallest absolute Gasteiger partial charge is 0.339 e. The molecule has 21 nitrogen and oxygen atoms in total. The lowest BCUT2D eigenvalue weighted by atomic mass is 10.1. The van der Waals surface area contributed by atoms with Crippen molar-refractivity contribution in [2.24, 2.45) is 30.7 Å². The van der Waals surface area contributed by atoms with Crippen molar-refractivity contribution < 1.29 is 44.2 Å². The molecule has 0 spiro atoms. The predicted octanol–water partition coefficient (Wildman–Crippen LogP) is 9.97. The Labute approximate surface area is 338 Å². The summed E-state index contributed by atoms with van der Waals surface area (Å²) in [6.07, 6.45) is 0. The van der Waals surface area contributed by atoms with Gasteiger partial charge in [-0.05, 0) is 86.0 Å². The number of carboxylic acids is 1. The molecule has 0 fully saturated rings. The number of phenolic OH excluding ortho intramolecular Hbond substituents is 1. The van der Waals surface area contributed by atoms with E-state index in [1.165, 1.54) is 18.2 Å². The zero-order chi connectivity index (χ0) is 41.9. The molecule has 0 bridgehead atoms. The van der Waals surface area contributed by atoms with Crippen molar-refractivity contribution in [1.82, 2.24) is 15.0 Å². The van der Waals surface area contributed by atoms with E-state index in [9.17, 15) is 20.1 Å². The number of nitrogens with one attached hydrogen (secondary N) is 2. The van der Waals surface area contributed by atoms with Gasteiger partial charge in [-0.25, -0.2) is 10.1 Å². The number of benzene rings is 5. The number of ether oxygens (including phenoxy) is 2. The first kappa shape index (κ1) is 41.1. The van der Waals surface area contributed by atoms with Crippen molar-refractivity contribution in [2.75, 3.05) is 36.6 Å². The highest BCUT2D eigenvalue weighted by Crippen LogP contribution is 2.46. The molecule has 0 atom stereocenters. The lowest BCUT2D eigenvalue weighted by molar-refractivity contribution is -0.432. The molecule has 0 aliphatic heterocycles. The molecule has 0 unspecified atom stereocenters. The third-order valence-corrected chi connectivity index (χ3v) is 8.47. The number of carbonyl (C=O) groups is 1. The minimum Gasteiger partial charge on any atom is -0.507 e. The number of fused-ring (bicyclic) bond motifs is 1. The molecule has 0 saturated heterocycles. The maximum Gasteiger partial charge on any atom is 0.339 e. The molecular formula is C37H34N12O9S. The predicted molar refractivity (Wildman–Crippen MR) is 216 cm³/mol.